The number of hydrogen-bond donors (Lipinski definition) is 0. The van der Waals surface area contributed by atoms with E-state index in [0.29, 0.717) is 12.1 Å². The van der Waals surface area contributed by atoms with Crippen LogP contribution in [-0.2, 0) is 13.6 Å². The molecule has 1 amide bonds. The van der Waals surface area contributed by atoms with Crippen molar-refractivity contribution in [2.75, 3.05) is 7.05 Å². The summed E-state index contributed by atoms with van der Waals surface area (Å²) >= 11 is 0. The molecule has 146 valence electrons. The van der Waals surface area contributed by atoms with Crippen LogP contribution < -0.4 is 0 Å². The first-order valence-electron chi connectivity index (χ1n) is 9.32. The zero-order chi connectivity index (χ0) is 20.4. The van der Waals surface area contributed by atoms with Gasteiger partial charge in [-0.15, -0.1) is 5.10 Å². The standard InChI is InChI=1S/C22H22N6O/c1-16-4-6-18(7-5-16)21-13-23-25-28(21)20-10-8-19(9-11-20)22(29)26(2)14-17-12-24-27(3)15-17/h4-13,15H,14H2,1-3H3. The zero-order valence-electron chi connectivity index (χ0n) is 16.6. The van der Waals surface area contributed by atoms with Gasteiger partial charge in [0.15, 0.2) is 0 Å². The third kappa shape index (κ3) is 3.94. The van der Waals surface area contributed by atoms with Crippen LogP contribution in [0.5, 0.6) is 0 Å². The summed E-state index contributed by atoms with van der Waals surface area (Å²) in [5, 5.41) is 12.4. The summed E-state index contributed by atoms with van der Waals surface area (Å²) in [6.45, 7) is 2.56. The molecular weight excluding hydrogens is 364 g/mol. The van der Waals surface area contributed by atoms with Gasteiger partial charge >= 0.3 is 0 Å². The Balaban J connectivity index is 1.53. The lowest BCUT2D eigenvalue weighted by Gasteiger charge is -2.16. The van der Waals surface area contributed by atoms with Crippen molar-refractivity contribution in [2.24, 2.45) is 7.05 Å². The fourth-order valence-electron chi connectivity index (χ4n) is 3.21. The van der Waals surface area contributed by atoms with Crippen LogP contribution in [0.15, 0.2) is 67.1 Å². The van der Waals surface area contributed by atoms with Gasteiger partial charge in [0.2, 0.25) is 0 Å². The van der Waals surface area contributed by atoms with E-state index in [1.54, 1.807) is 33.7 Å². The predicted octanol–water partition coefficient (Wildman–Crippen LogP) is 3.25. The fourth-order valence-corrected chi connectivity index (χ4v) is 3.21. The molecule has 0 aliphatic carbocycles. The topological polar surface area (TPSA) is 68.8 Å². The molecule has 29 heavy (non-hydrogen) atoms. The monoisotopic (exact) mass is 386 g/mol. The molecular formula is C22H22N6O. The molecule has 0 aliphatic heterocycles. The van der Waals surface area contributed by atoms with Crippen molar-refractivity contribution in [3.63, 3.8) is 0 Å². The largest absolute Gasteiger partial charge is 0.337 e. The van der Waals surface area contributed by atoms with E-state index in [4.69, 9.17) is 0 Å². The van der Waals surface area contributed by atoms with Crippen molar-refractivity contribution < 1.29 is 4.79 Å². The van der Waals surface area contributed by atoms with Gasteiger partial charge in [-0.05, 0) is 31.2 Å². The molecule has 0 saturated heterocycles. The van der Waals surface area contributed by atoms with E-state index < -0.39 is 0 Å². The van der Waals surface area contributed by atoms with Gasteiger partial charge < -0.3 is 4.90 Å². The number of rotatable bonds is 5. The van der Waals surface area contributed by atoms with Crippen molar-refractivity contribution in [1.82, 2.24) is 29.7 Å². The smallest absolute Gasteiger partial charge is 0.253 e. The van der Waals surface area contributed by atoms with Crippen LogP contribution in [0.4, 0.5) is 0 Å². The Hall–Kier alpha value is -3.74. The van der Waals surface area contributed by atoms with Crippen LogP contribution in [0.1, 0.15) is 21.5 Å². The maximum absolute atomic E-state index is 12.7. The van der Waals surface area contributed by atoms with E-state index in [-0.39, 0.29) is 5.91 Å². The Morgan fingerprint density at radius 2 is 1.76 bits per heavy atom. The predicted molar refractivity (Wildman–Crippen MR) is 111 cm³/mol. The second-order valence-electron chi connectivity index (χ2n) is 7.13. The molecule has 0 fully saturated rings. The summed E-state index contributed by atoms with van der Waals surface area (Å²) < 4.78 is 3.50. The van der Waals surface area contributed by atoms with Crippen LogP contribution in [0.25, 0.3) is 16.9 Å². The molecule has 0 N–H and O–H groups in total. The van der Waals surface area contributed by atoms with Crippen LogP contribution in [0, 0.1) is 6.92 Å². The second-order valence-corrected chi connectivity index (χ2v) is 7.13. The summed E-state index contributed by atoms with van der Waals surface area (Å²) in [5.41, 5.74) is 5.60. The van der Waals surface area contributed by atoms with Gasteiger partial charge in [-0.2, -0.15) is 5.10 Å². The number of benzene rings is 2. The van der Waals surface area contributed by atoms with E-state index in [9.17, 15) is 4.79 Å². The quantitative estimate of drug-likeness (QED) is 0.528. The molecule has 4 aromatic rings. The lowest BCUT2D eigenvalue weighted by Crippen LogP contribution is -2.26. The van der Waals surface area contributed by atoms with E-state index in [1.807, 2.05) is 37.5 Å². The maximum atomic E-state index is 12.7. The molecule has 0 aliphatic rings. The number of hydrogen-bond acceptors (Lipinski definition) is 4. The second kappa shape index (κ2) is 7.71. The first-order chi connectivity index (χ1) is 14.0. The van der Waals surface area contributed by atoms with Gasteiger partial charge in [0, 0.05) is 43.5 Å². The third-order valence-electron chi connectivity index (χ3n) is 4.78. The summed E-state index contributed by atoms with van der Waals surface area (Å²) in [6.07, 6.45) is 5.42. The van der Waals surface area contributed by atoms with Gasteiger partial charge in [0.25, 0.3) is 5.91 Å². The van der Waals surface area contributed by atoms with Crippen LogP contribution >= 0.6 is 0 Å². The SMILES string of the molecule is Cc1ccc(-c2cnnn2-c2ccc(C(=O)N(C)Cc3cnn(C)c3)cc2)cc1. The minimum atomic E-state index is -0.0437. The molecule has 0 saturated carbocycles. The maximum Gasteiger partial charge on any atom is 0.253 e. The third-order valence-corrected chi connectivity index (χ3v) is 4.78. The number of aryl methyl sites for hydroxylation is 2. The highest BCUT2D eigenvalue weighted by molar-refractivity contribution is 5.94. The molecule has 2 heterocycles. The zero-order valence-corrected chi connectivity index (χ0v) is 16.6. The van der Waals surface area contributed by atoms with E-state index in [2.05, 4.69) is 46.6 Å². The Kier molecular flexibility index (Phi) is 4.95. The van der Waals surface area contributed by atoms with Gasteiger partial charge in [-0.25, -0.2) is 4.68 Å². The molecule has 0 atom stereocenters. The molecule has 2 aromatic carbocycles. The van der Waals surface area contributed by atoms with E-state index >= 15 is 0 Å². The number of carbonyl (C=O) groups excluding carboxylic acids is 1. The normalized spacial score (nSPS) is 10.9. The van der Waals surface area contributed by atoms with Crippen molar-refractivity contribution in [2.45, 2.75) is 13.5 Å². The van der Waals surface area contributed by atoms with Gasteiger partial charge in [0.1, 0.15) is 0 Å². The Bertz CT molecular complexity index is 1120. The lowest BCUT2D eigenvalue weighted by atomic mass is 10.1. The molecule has 7 heteroatoms. The number of aromatic nitrogens is 5. The molecule has 0 radical (unpaired) electrons. The summed E-state index contributed by atoms with van der Waals surface area (Å²) in [6, 6.07) is 15.6. The highest BCUT2D eigenvalue weighted by atomic mass is 16.2. The Morgan fingerprint density at radius 3 is 2.41 bits per heavy atom. The average Bonchev–Trinajstić information content (AvgIpc) is 3.37. The lowest BCUT2D eigenvalue weighted by molar-refractivity contribution is 0.0785. The number of amides is 1. The number of nitrogens with zero attached hydrogens (tertiary/aromatic N) is 6. The summed E-state index contributed by atoms with van der Waals surface area (Å²) in [5.74, 6) is -0.0437. The summed E-state index contributed by atoms with van der Waals surface area (Å²) in [4.78, 5) is 14.4. The molecule has 0 bridgehead atoms. The van der Waals surface area contributed by atoms with Crippen molar-refractivity contribution in [1.29, 1.82) is 0 Å². The fraction of sp³-hybridized carbons (Fsp3) is 0.182. The molecule has 4 rings (SSSR count). The Morgan fingerprint density at radius 1 is 1.03 bits per heavy atom. The molecule has 7 nitrogen and oxygen atoms in total. The van der Waals surface area contributed by atoms with Crippen molar-refractivity contribution in [3.8, 4) is 16.9 Å². The van der Waals surface area contributed by atoms with Crippen LogP contribution in [0.2, 0.25) is 0 Å². The van der Waals surface area contributed by atoms with Crippen molar-refractivity contribution in [3.05, 3.63) is 83.8 Å². The average molecular weight is 386 g/mol. The first kappa shape index (κ1) is 18.6. The minimum absolute atomic E-state index is 0.0437. The molecule has 2 aromatic heterocycles. The van der Waals surface area contributed by atoms with Gasteiger partial charge in [-0.1, -0.05) is 35.0 Å². The summed E-state index contributed by atoms with van der Waals surface area (Å²) in [7, 11) is 3.65. The Labute approximate surface area is 169 Å². The highest BCUT2D eigenvalue weighted by Crippen LogP contribution is 2.22. The van der Waals surface area contributed by atoms with Crippen LogP contribution in [0.3, 0.4) is 0 Å². The van der Waals surface area contributed by atoms with Crippen molar-refractivity contribution >= 4 is 5.91 Å². The number of carbonyl (C=O) groups is 1. The molecule has 0 spiro atoms. The van der Waals surface area contributed by atoms with Gasteiger partial charge in [0.05, 0.1) is 23.8 Å². The molecule has 0 unspecified atom stereocenters. The van der Waals surface area contributed by atoms with Crippen LogP contribution in [-0.4, -0.2) is 42.6 Å². The van der Waals surface area contributed by atoms with E-state index in [1.165, 1.54) is 5.56 Å². The van der Waals surface area contributed by atoms with Gasteiger partial charge in [-0.3, -0.25) is 9.48 Å². The first-order valence-corrected chi connectivity index (χ1v) is 9.32. The minimum Gasteiger partial charge on any atom is -0.337 e. The highest BCUT2D eigenvalue weighted by Gasteiger charge is 2.14. The van der Waals surface area contributed by atoms with E-state index in [0.717, 1.165) is 22.5 Å².